The number of likely N-dealkylation sites (tertiary alicyclic amines) is 1. The van der Waals surface area contributed by atoms with E-state index in [0.717, 1.165) is 38.4 Å². The van der Waals surface area contributed by atoms with Crippen molar-refractivity contribution in [3.63, 3.8) is 0 Å². The Kier molecular flexibility index (Phi) is 3.85. The molecule has 1 heterocycles. The minimum Gasteiger partial charge on any atom is -0.367 e. The van der Waals surface area contributed by atoms with Gasteiger partial charge in [0.25, 0.3) is 0 Å². The van der Waals surface area contributed by atoms with Crippen LogP contribution in [0.1, 0.15) is 51.9 Å². The van der Waals surface area contributed by atoms with E-state index in [9.17, 15) is 0 Å². The summed E-state index contributed by atoms with van der Waals surface area (Å²) in [6.45, 7) is 4.91. The summed E-state index contributed by atoms with van der Waals surface area (Å²) in [6, 6.07) is 0. The molecule has 1 aliphatic heterocycles. The second kappa shape index (κ2) is 5.17. The molecular weight excluding hydrogens is 200 g/mol. The van der Waals surface area contributed by atoms with Crippen LogP contribution in [0, 0.1) is 5.41 Å². The topological polar surface area (TPSA) is 36.3 Å². The molecule has 0 bridgehead atoms. The second-order valence-electron chi connectivity index (χ2n) is 5.03. The smallest absolute Gasteiger partial charge is 0.129 e. The molecule has 16 heavy (non-hydrogen) atoms. The minimum atomic E-state index is -0.239. The monoisotopic (exact) mass is 224 g/mol. The molecule has 1 saturated heterocycles. The van der Waals surface area contributed by atoms with E-state index in [2.05, 4.69) is 4.90 Å². The average molecular weight is 224 g/mol. The molecule has 0 aromatic carbocycles. The molecule has 0 atom stereocenters. The first-order valence-corrected chi connectivity index (χ1v) is 6.76. The summed E-state index contributed by atoms with van der Waals surface area (Å²) in [6.07, 6.45) is 8.33. The number of hydrogen-bond acceptors (Lipinski definition) is 2. The summed E-state index contributed by atoms with van der Waals surface area (Å²) < 4.78 is 5.98. The predicted octanol–water partition coefficient (Wildman–Crippen LogP) is 2.80. The molecule has 0 aromatic heterocycles. The van der Waals surface area contributed by atoms with Crippen LogP contribution in [0.15, 0.2) is 0 Å². The Balaban J connectivity index is 2.07. The Morgan fingerprint density at radius 3 is 2.31 bits per heavy atom. The van der Waals surface area contributed by atoms with Gasteiger partial charge in [0.05, 0.1) is 0 Å². The molecule has 3 nitrogen and oxygen atoms in total. The van der Waals surface area contributed by atoms with Crippen LogP contribution in [0.3, 0.4) is 0 Å². The van der Waals surface area contributed by atoms with E-state index in [1.54, 1.807) is 0 Å². The Morgan fingerprint density at radius 2 is 1.75 bits per heavy atom. The van der Waals surface area contributed by atoms with E-state index in [4.69, 9.17) is 10.1 Å². The molecule has 2 aliphatic rings. The lowest BCUT2D eigenvalue weighted by Gasteiger charge is -2.40. The zero-order valence-corrected chi connectivity index (χ0v) is 10.4. The second-order valence-corrected chi connectivity index (χ2v) is 5.03. The fourth-order valence-electron chi connectivity index (χ4n) is 3.08. The summed E-state index contributed by atoms with van der Waals surface area (Å²) in [5.41, 5.74) is -0.239. The molecule has 2 fully saturated rings. The summed E-state index contributed by atoms with van der Waals surface area (Å²) in [5, 5.41) is 8.43. The third-order valence-electron chi connectivity index (χ3n) is 3.94. The van der Waals surface area contributed by atoms with Crippen LogP contribution in [0.25, 0.3) is 0 Å². The van der Waals surface area contributed by atoms with Crippen molar-refractivity contribution in [2.24, 2.45) is 0 Å². The molecule has 1 aliphatic carbocycles. The van der Waals surface area contributed by atoms with E-state index in [0.29, 0.717) is 0 Å². The molecule has 92 valence electrons. The van der Waals surface area contributed by atoms with Gasteiger partial charge < -0.3 is 9.64 Å². The highest BCUT2D eigenvalue weighted by molar-refractivity contribution is 5.88. The van der Waals surface area contributed by atoms with Gasteiger partial charge in [0, 0.05) is 19.7 Å². The van der Waals surface area contributed by atoms with E-state index < -0.39 is 0 Å². The Morgan fingerprint density at radius 1 is 1.12 bits per heavy atom. The number of nitrogens with one attached hydrogen (secondary N) is 1. The summed E-state index contributed by atoms with van der Waals surface area (Å²) in [7, 11) is 0. The van der Waals surface area contributed by atoms with Crippen molar-refractivity contribution in [2.45, 2.75) is 57.5 Å². The Bertz CT molecular complexity index is 235. The number of ether oxygens (including phenoxy) is 1. The van der Waals surface area contributed by atoms with Crippen molar-refractivity contribution < 1.29 is 4.74 Å². The van der Waals surface area contributed by atoms with Crippen molar-refractivity contribution in [1.82, 2.24) is 4.90 Å². The number of amidine groups is 1. The first kappa shape index (κ1) is 11.9. The average Bonchev–Trinajstić information content (AvgIpc) is 2.83. The van der Waals surface area contributed by atoms with Gasteiger partial charge in [0.1, 0.15) is 11.4 Å². The fourth-order valence-corrected chi connectivity index (χ4v) is 3.08. The summed E-state index contributed by atoms with van der Waals surface area (Å²) >= 11 is 0. The molecule has 0 radical (unpaired) electrons. The lowest BCUT2D eigenvalue weighted by atomic mass is 9.83. The largest absolute Gasteiger partial charge is 0.367 e. The number of nitrogens with zero attached hydrogens (tertiary/aromatic N) is 1. The standard InChI is InChI=1S/C13H24N2O/c1-2-16-13(8-4-3-5-9-13)12(14)15-10-6-7-11-15/h14H,2-11H2,1H3. The number of hydrogen-bond donors (Lipinski definition) is 1. The third-order valence-corrected chi connectivity index (χ3v) is 3.94. The van der Waals surface area contributed by atoms with Gasteiger partial charge in [-0.3, -0.25) is 5.41 Å². The van der Waals surface area contributed by atoms with Crippen LogP contribution >= 0.6 is 0 Å². The molecule has 1 saturated carbocycles. The highest BCUT2D eigenvalue weighted by atomic mass is 16.5. The molecule has 3 heteroatoms. The van der Waals surface area contributed by atoms with Crippen LogP contribution in [0.4, 0.5) is 0 Å². The summed E-state index contributed by atoms with van der Waals surface area (Å²) in [5.74, 6) is 0.770. The first-order valence-electron chi connectivity index (χ1n) is 6.76. The maximum Gasteiger partial charge on any atom is 0.129 e. The van der Waals surface area contributed by atoms with Gasteiger partial charge in [-0.15, -0.1) is 0 Å². The zero-order chi connectivity index (χ0) is 11.4. The van der Waals surface area contributed by atoms with Crippen molar-refractivity contribution in [1.29, 1.82) is 5.41 Å². The van der Waals surface area contributed by atoms with Crippen molar-refractivity contribution in [2.75, 3.05) is 19.7 Å². The van der Waals surface area contributed by atoms with Crippen molar-refractivity contribution in [3.8, 4) is 0 Å². The minimum absolute atomic E-state index is 0.239. The van der Waals surface area contributed by atoms with E-state index in [1.165, 1.54) is 32.1 Å². The fraction of sp³-hybridized carbons (Fsp3) is 0.923. The number of rotatable bonds is 3. The van der Waals surface area contributed by atoms with Crippen LogP contribution < -0.4 is 0 Å². The van der Waals surface area contributed by atoms with E-state index in [-0.39, 0.29) is 5.60 Å². The Hall–Kier alpha value is -0.570. The molecule has 1 N–H and O–H groups in total. The summed E-state index contributed by atoms with van der Waals surface area (Å²) in [4.78, 5) is 2.24. The SMILES string of the molecule is CCOC1(C(=N)N2CCCC2)CCCCC1. The van der Waals surface area contributed by atoms with Crippen LogP contribution in [0.2, 0.25) is 0 Å². The van der Waals surface area contributed by atoms with Gasteiger partial charge in [-0.1, -0.05) is 19.3 Å². The zero-order valence-electron chi connectivity index (χ0n) is 10.4. The highest BCUT2D eigenvalue weighted by Crippen LogP contribution is 2.34. The van der Waals surface area contributed by atoms with Gasteiger partial charge >= 0.3 is 0 Å². The molecule has 0 amide bonds. The van der Waals surface area contributed by atoms with Gasteiger partial charge in [0.2, 0.25) is 0 Å². The highest BCUT2D eigenvalue weighted by Gasteiger charge is 2.40. The van der Waals surface area contributed by atoms with Crippen LogP contribution in [-0.2, 0) is 4.74 Å². The van der Waals surface area contributed by atoms with Crippen LogP contribution in [0.5, 0.6) is 0 Å². The first-order chi connectivity index (χ1) is 7.78. The lowest BCUT2D eigenvalue weighted by molar-refractivity contribution is -0.0193. The van der Waals surface area contributed by atoms with Gasteiger partial charge in [-0.2, -0.15) is 0 Å². The van der Waals surface area contributed by atoms with Gasteiger partial charge in [-0.25, -0.2) is 0 Å². The predicted molar refractivity (Wildman–Crippen MR) is 66.0 cm³/mol. The lowest BCUT2D eigenvalue weighted by Crippen LogP contribution is -2.50. The Labute approximate surface area is 98.7 Å². The molecular formula is C13H24N2O. The quantitative estimate of drug-likeness (QED) is 0.591. The molecule has 0 aromatic rings. The van der Waals surface area contributed by atoms with Gasteiger partial charge in [0.15, 0.2) is 0 Å². The maximum absolute atomic E-state index is 8.43. The van der Waals surface area contributed by atoms with Gasteiger partial charge in [-0.05, 0) is 32.6 Å². The normalized spacial score (nSPS) is 24.7. The van der Waals surface area contributed by atoms with Crippen molar-refractivity contribution >= 4 is 5.84 Å². The molecule has 0 unspecified atom stereocenters. The molecule has 0 spiro atoms. The molecule has 2 rings (SSSR count). The van der Waals surface area contributed by atoms with E-state index >= 15 is 0 Å². The van der Waals surface area contributed by atoms with Crippen molar-refractivity contribution in [3.05, 3.63) is 0 Å². The third kappa shape index (κ3) is 2.24. The van der Waals surface area contributed by atoms with Crippen LogP contribution in [-0.4, -0.2) is 36.0 Å². The maximum atomic E-state index is 8.43. The van der Waals surface area contributed by atoms with E-state index in [1.807, 2.05) is 6.92 Å².